The Morgan fingerprint density at radius 3 is 2.91 bits per heavy atom. The van der Waals surface area contributed by atoms with Crippen LogP contribution in [0.3, 0.4) is 0 Å². The molecule has 0 unspecified atom stereocenters. The first-order valence-electron chi connectivity index (χ1n) is 7.71. The van der Waals surface area contributed by atoms with E-state index in [-0.39, 0.29) is 17.1 Å². The Bertz CT molecular complexity index is 677. The van der Waals surface area contributed by atoms with Crippen LogP contribution in [0.2, 0.25) is 5.02 Å². The van der Waals surface area contributed by atoms with Crippen LogP contribution in [-0.2, 0) is 0 Å². The number of anilines is 1. The highest BCUT2D eigenvalue weighted by molar-refractivity contribution is 7.10. The maximum absolute atomic E-state index is 13.2. The molecule has 0 saturated carbocycles. The summed E-state index contributed by atoms with van der Waals surface area (Å²) in [5, 5.41) is 4.89. The van der Waals surface area contributed by atoms with E-state index < -0.39 is 5.82 Å². The quantitative estimate of drug-likeness (QED) is 0.739. The van der Waals surface area contributed by atoms with E-state index in [0.717, 1.165) is 32.2 Å². The summed E-state index contributed by atoms with van der Waals surface area (Å²) in [7, 11) is 0. The van der Waals surface area contributed by atoms with E-state index in [1.165, 1.54) is 23.1 Å². The third kappa shape index (κ3) is 3.85. The minimum atomic E-state index is -0.490. The van der Waals surface area contributed by atoms with Crippen LogP contribution < -0.4 is 5.32 Å². The molecule has 2 amide bonds. The van der Waals surface area contributed by atoms with Gasteiger partial charge in [0.15, 0.2) is 0 Å². The van der Waals surface area contributed by atoms with Crippen molar-refractivity contribution in [3.63, 3.8) is 0 Å². The van der Waals surface area contributed by atoms with Gasteiger partial charge >= 0.3 is 6.03 Å². The molecular formula is C17H18ClFN2OS. The molecule has 2 heterocycles. The lowest BCUT2D eigenvalue weighted by molar-refractivity contribution is 0.190. The fraction of sp³-hybridized carbons (Fsp3) is 0.353. The summed E-state index contributed by atoms with van der Waals surface area (Å²) < 4.78 is 13.2. The van der Waals surface area contributed by atoms with Gasteiger partial charge < -0.3 is 10.2 Å². The van der Waals surface area contributed by atoms with Crippen molar-refractivity contribution in [3.05, 3.63) is 51.4 Å². The van der Waals surface area contributed by atoms with Crippen molar-refractivity contribution in [2.24, 2.45) is 0 Å². The summed E-state index contributed by atoms with van der Waals surface area (Å²) in [4.78, 5) is 15.8. The van der Waals surface area contributed by atoms with Gasteiger partial charge in [-0.2, -0.15) is 0 Å². The van der Waals surface area contributed by atoms with Gasteiger partial charge in [0.05, 0.1) is 11.1 Å². The average molecular weight is 353 g/mol. The Kier molecular flexibility index (Phi) is 5.18. The lowest BCUT2D eigenvalue weighted by Crippen LogP contribution is -2.37. The molecule has 0 bridgehead atoms. The van der Waals surface area contributed by atoms with Crippen LogP contribution in [0.15, 0.2) is 35.7 Å². The van der Waals surface area contributed by atoms with Crippen molar-refractivity contribution in [1.29, 1.82) is 0 Å². The van der Waals surface area contributed by atoms with Crippen LogP contribution >= 0.6 is 22.9 Å². The zero-order chi connectivity index (χ0) is 16.2. The summed E-state index contributed by atoms with van der Waals surface area (Å²) >= 11 is 7.46. The number of rotatable bonds is 2. The monoisotopic (exact) mass is 352 g/mol. The van der Waals surface area contributed by atoms with Crippen molar-refractivity contribution in [2.75, 3.05) is 11.9 Å². The molecule has 0 radical (unpaired) electrons. The number of carbonyl (C=O) groups excluding carboxylic acids is 1. The third-order valence-corrected chi connectivity index (χ3v) is 5.32. The first kappa shape index (κ1) is 16.3. The first-order chi connectivity index (χ1) is 11.1. The molecule has 122 valence electrons. The third-order valence-electron chi connectivity index (χ3n) is 4.06. The van der Waals surface area contributed by atoms with Crippen molar-refractivity contribution in [2.45, 2.75) is 31.7 Å². The number of nitrogens with zero attached hydrogens (tertiary/aromatic N) is 1. The van der Waals surface area contributed by atoms with Gasteiger partial charge in [0, 0.05) is 17.1 Å². The largest absolute Gasteiger partial charge is 0.322 e. The normalized spacial score (nSPS) is 18.5. The molecule has 1 atom stereocenters. The molecule has 0 spiro atoms. The second-order valence-corrected chi connectivity index (χ2v) is 7.02. The number of likely N-dealkylation sites (tertiary alicyclic amines) is 1. The summed E-state index contributed by atoms with van der Waals surface area (Å²) in [5.74, 6) is -0.490. The number of benzene rings is 1. The Labute approximate surface area is 144 Å². The van der Waals surface area contributed by atoms with Gasteiger partial charge in [0.25, 0.3) is 0 Å². The standard InChI is InChI=1S/C17H18ClFN2OS/c18-13-11-12(7-8-14(13)19)20-17(22)21-9-3-1-2-5-15(21)16-6-4-10-23-16/h4,6-8,10-11,15H,1-3,5,9H2,(H,20,22)/t15-/m1/s1. The number of amides is 2. The average Bonchev–Trinajstić information content (AvgIpc) is 2.95. The van der Waals surface area contributed by atoms with Crippen molar-refractivity contribution < 1.29 is 9.18 Å². The van der Waals surface area contributed by atoms with Crippen LogP contribution in [0.5, 0.6) is 0 Å². The first-order valence-corrected chi connectivity index (χ1v) is 8.97. The predicted octanol–water partition coefficient (Wildman–Crippen LogP) is 5.69. The highest BCUT2D eigenvalue weighted by Crippen LogP contribution is 2.33. The highest BCUT2D eigenvalue weighted by atomic mass is 35.5. The minimum Gasteiger partial charge on any atom is -0.317 e. The molecule has 1 aliphatic rings. The molecule has 3 rings (SSSR count). The molecular weight excluding hydrogens is 335 g/mol. The summed E-state index contributed by atoms with van der Waals surface area (Å²) in [6.07, 6.45) is 4.22. The highest BCUT2D eigenvalue weighted by Gasteiger charge is 2.27. The minimum absolute atomic E-state index is 0.00785. The zero-order valence-corrected chi connectivity index (χ0v) is 14.2. The molecule has 6 heteroatoms. The molecule has 23 heavy (non-hydrogen) atoms. The van der Waals surface area contributed by atoms with Crippen LogP contribution in [0, 0.1) is 5.82 Å². The maximum Gasteiger partial charge on any atom is 0.322 e. The number of thiophene rings is 1. The number of urea groups is 1. The Morgan fingerprint density at radius 1 is 1.30 bits per heavy atom. The van der Waals surface area contributed by atoms with E-state index in [0.29, 0.717) is 5.69 Å². The van der Waals surface area contributed by atoms with Crippen LogP contribution in [0.4, 0.5) is 14.9 Å². The van der Waals surface area contributed by atoms with Crippen LogP contribution in [0.25, 0.3) is 0 Å². The van der Waals surface area contributed by atoms with E-state index in [2.05, 4.69) is 11.4 Å². The van der Waals surface area contributed by atoms with E-state index in [1.54, 1.807) is 11.3 Å². The zero-order valence-electron chi connectivity index (χ0n) is 12.6. The van der Waals surface area contributed by atoms with Gasteiger partial charge in [-0.05, 0) is 42.5 Å². The van der Waals surface area contributed by atoms with Gasteiger partial charge in [-0.3, -0.25) is 0 Å². The Morgan fingerprint density at radius 2 is 2.17 bits per heavy atom. The number of hydrogen-bond acceptors (Lipinski definition) is 2. The molecule has 1 N–H and O–H groups in total. The second kappa shape index (κ2) is 7.32. The number of nitrogens with one attached hydrogen (secondary N) is 1. The molecule has 1 aromatic carbocycles. The lowest BCUT2D eigenvalue weighted by atomic mass is 10.1. The molecule has 1 aromatic heterocycles. The molecule has 1 aliphatic heterocycles. The van der Waals surface area contributed by atoms with Crippen LogP contribution in [-0.4, -0.2) is 17.5 Å². The second-order valence-electron chi connectivity index (χ2n) is 5.63. The number of carbonyl (C=O) groups is 1. The molecule has 1 saturated heterocycles. The lowest BCUT2D eigenvalue weighted by Gasteiger charge is -2.29. The van der Waals surface area contributed by atoms with Gasteiger partial charge in [-0.15, -0.1) is 11.3 Å². The number of halogens is 2. The maximum atomic E-state index is 13.2. The van der Waals surface area contributed by atoms with E-state index >= 15 is 0 Å². The SMILES string of the molecule is O=C(Nc1ccc(F)c(Cl)c1)N1CCCCC[C@@H]1c1cccs1. The van der Waals surface area contributed by atoms with Gasteiger partial charge in [0.2, 0.25) is 0 Å². The molecule has 2 aromatic rings. The summed E-state index contributed by atoms with van der Waals surface area (Å²) in [6.45, 7) is 0.726. The van der Waals surface area contributed by atoms with E-state index in [9.17, 15) is 9.18 Å². The molecule has 3 nitrogen and oxygen atoms in total. The predicted molar refractivity (Wildman–Crippen MR) is 92.7 cm³/mol. The number of hydrogen-bond donors (Lipinski definition) is 1. The van der Waals surface area contributed by atoms with Crippen LogP contribution in [0.1, 0.15) is 36.6 Å². The van der Waals surface area contributed by atoms with E-state index in [4.69, 9.17) is 11.6 Å². The Balaban J connectivity index is 1.78. The van der Waals surface area contributed by atoms with Gasteiger partial charge in [0.1, 0.15) is 5.82 Å². The fourth-order valence-electron chi connectivity index (χ4n) is 2.90. The fourth-order valence-corrected chi connectivity index (χ4v) is 3.95. The summed E-state index contributed by atoms with van der Waals surface area (Å²) in [5.41, 5.74) is 0.510. The topological polar surface area (TPSA) is 32.3 Å². The van der Waals surface area contributed by atoms with Gasteiger partial charge in [-0.1, -0.05) is 30.5 Å². The van der Waals surface area contributed by atoms with Gasteiger partial charge in [-0.25, -0.2) is 9.18 Å². The van der Waals surface area contributed by atoms with Crippen molar-refractivity contribution in [3.8, 4) is 0 Å². The molecule has 1 fully saturated rings. The van der Waals surface area contributed by atoms with E-state index in [1.807, 2.05) is 16.3 Å². The Hall–Kier alpha value is -1.59. The smallest absolute Gasteiger partial charge is 0.317 e. The molecule has 0 aliphatic carbocycles. The summed E-state index contributed by atoms with van der Waals surface area (Å²) in [6, 6.07) is 8.26. The van der Waals surface area contributed by atoms with Crippen molar-refractivity contribution >= 4 is 34.7 Å². The van der Waals surface area contributed by atoms with Crippen molar-refractivity contribution in [1.82, 2.24) is 4.90 Å².